The molecule has 5 nitrogen and oxygen atoms in total. The number of hydrazine groups is 1. The number of rotatable bonds is 5. The molecule has 1 fully saturated rings. The van der Waals surface area contributed by atoms with Crippen LogP contribution in [-0.2, 0) is 11.3 Å². The Labute approximate surface area is 96.0 Å². The Hall–Kier alpha value is -0.910. The number of imidazole rings is 1. The first-order valence-electron chi connectivity index (χ1n) is 5.95. The summed E-state index contributed by atoms with van der Waals surface area (Å²) in [6.45, 7) is 3.96. The first-order valence-corrected chi connectivity index (χ1v) is 5.95. The fraction of sp³-hybridized carbons (Fsp3) is 0.727. The number of hydrogen-bond acceptors (Lipinski definition) is 4. The van der Waals surface area contributed by atoms with Crippen LogP contribution in [0, 0.1) is 0 Å². The van der Waals surface area contributed by atoms with Crippen LogP contribution in [0.4, 0.5) is 0 Å². The van der Waals surface area contributed by atoms with Crippen LogP contribution >= 0.6 is 0 Å². The monoisotopic (exact) mass is 224 g/mol. The average Bonchev–Trinajstić information content (AvgIpc) is 2.92. The number of aryl methyl sites for hydroxylation is 1. The number of nitrogens with two attached hydrogens (primary N) is 1. The lowest BCUT2D eigenvalue weighted by Gasteiger charge is -2.22. The van der Waals surface area contributed by atoms with Crippen LogP contribution in [0.5, 0.6) is 0 Å². The molecule has 1 aliphatic rings. The molecule has 2 heterocycles. The Morgan fingerprint density at radius 3 is 3.25 bits per heavy atom. The highest BCUT2D eigenvalue weighted by atomic mass is 16.5. The van der Waals surface area contributed by atoms with E-state index in [1.54, 1.807) is 0 Å². The molecule has 1 aromatic heterocycles. The van der Waals surface area contributed by atoms with E-state index in [1.807, 2.05) is 12.4 Å². The van der Waals surface area contributed by atoms with Gasteiger partial charge < -0.3 is 9.30 Å². The van der Waals surface area contributed by atoms with E-state index in [0.717, 1.165) is 38.2 Å². The molecule has 0 spiro atoms. The molecule has 0 amide bonds. The minimum absolute atomic E-state index is 0.00375. The number of nitrogens with one attached hydrogen (secondary N) is 1. The van der Waals surface area contributed by atoms with Gasteiger partial charge in [0.1, 0.15) is 11.9 Å². The summed E-state index contributed by atoms with van der Waals surface area (Å²) < 4.78 is 7.81. The fourth-order valence-electron chi connectivity index (χ4n) is 2.24. The Morgan fingerprint density at radius 1 is 1.75 bits per heavy atom. The molecule has 1 saturated heterocycles. The lowest BCUT2D eigenvalue weighted by Crippen LogP contribution is -2.38. The molecule has 2 rings (SSSR count). The second-order valence-electron chi connectivity index (χ2n) is 4.17. The molecular weight excluding hydrogens is 204 g/mol. The maximum atomic E-state index is 5.67. The highest BCUT2D eigenvalue weighted by molar-refractivity contribution is 5.02. The van der Waals surface area contributed by atoms with Crippen molar-refractivity contribution in [3.63, 3.8) is 0 Å². The first-order chi connectivity index (χ1) is 7.86. The molecule has 5 heteroatoms. The van der Waals surface area contributed by atoms with Gasteiger partial charge in [0.15, 0.2) is 0 Å². The third-order valence-electron chi connectivity index (χ3n) is 3.01. The van der Waals surface area contributed by atoms with Crippen molar-refractivity contribution in [1.82, 2.24) is 15.0 Å². The number of nitrogens with zero attached hydrogens (tertiary/aromatic N) is 2. The fourth-order valence-corrected chi connectivity index (χ4v) is 2.24. The molecule has 0 saturated carbocycles. The van der Waals surface area contributed by atoms with Gasteiger partial charge >= 0.3 is 0 Å². The number of ether oxygens (including phenoxy) is 1. The van der Waals surface area contributed by atoms with Crippen molar-refractivity contribution in [1.29, 1.82) is 0 Å². The summed E-state index contributed by atoms with van der Waals surface area (Å²) in [4.78, 5) is 4.39. The number of hydrogen-bond donors (Lipinski definition) is 2. The van der Waals surface area contributed by atoms with Crippen molar-refractivity contribution in [3.8, 4) is 0 Å². The van der Waals surface area contributed by atoms with Crippen molar-refractivity contribution in [3.05, 3.63) is 18.2 Å². The second-order valence-corrected chi connectivity index (χ2v) is 4.17. The summed E-state index contributed by atoms with van der Waals surface area (Å²) >= 11 is 0. The van der Waals surface area contributed by atoms with Gasteiger partial charge in [-0.15, -0.1) is 0 Å². The van der Waals surface area contributed by atoms with E-state index in [9.17, 15) is 0 Å². The second kappa shape index (κ2) is 5.43. The van der Waals surface area contributed by atoms with Crippen LogP contribution in [0.15, 0.2) is 12.4 Å². The van der Waals surface area contributed by atoms with Crippen LogP contribution in [0.25, 0.3) is 0 Å². The Kier molecular flexibility index (Phi) is 3.93. The Balaban J connectivity index is 2.15. The summed E-state index contributed by atoms with van der Waals surface area (Å²) in [5, 5.41) is 0. The Bertz CT molecular complexity index is 320. The van der Waals surface area contributed by atoms with Gasteiger partial charge in [0, 0.05) is 25.5 Å². The average molecular weight is 224 g/mol. The van der Waals surface area contributed by atoms with Gasteiger partial charge in [-0.05, 0) is 19.3 Å². The summed E-state index contributed by atoms with van der Waals surface area (Å²) in [5.74, 6) is 6.61. The van der Waals surface area contributed by atoms with Gasteiger partial charge in [-0.1, -0.05) is 6.92 Å². The summed E-state index contributed by atoms with van der Waals surface area (Å²) in [5.41, 5.74) is 2.84. The molecule has 0 aromatic carbocycles. The molecule has 0 bridgehead atoms. The molecule has 16 heavy (non-hydrogen) atoms. The van der Waals surface area contributed by atoms with E-state index in [1.165, 1.54) is 0 Å². The minimum atomic E-state index is 0.00375. The predicted molar refractivity (Wildman–Crippen MR) is 61.6 cm³/mol. The largest absolute Gasteiger partial charge is 0.376 e. The third-order valence-corrected chi connectivity index (χ3v) is 3.01. The molecule has 3 N–H and O–H groups in total. The summed E-state index contributed by atoms with van der Waals surface area (Å²) in [6, 6.07) is 0.00375. The van der Waals surface area contributed by atoms with Gasteiger partial charge in [-0.3, -0.25) is 5.84 Å². The number of aromatic nitrogens is 2. The van der Waals surface area contributed by atoms with Crippen molar-refractivity contribution in [2.24, 2.45) is 5.84 Å². The smallest absolute Gasteiger partial charge is 0.129 e. The van der Waals surface area contributed by atoms with Crippen LogP contribution in [-0.4, -0.2) is 22.3 Å². The maximum absolute atomic E-state index is 5.67. The van der Waals surface area contributed by atoms with Gasteiger partial charge in [-0.25, -0.2) is 10.4 Å². The van der Waals surface area contributed by atoms with E-state index in [0.29, 0.717) is 0 Å². The zero-order valence-corrected chi connectivity index (χ0v) is 9.72. The van der Waals surface area contributed by atoms with E-state index in [-0.39, 0.29) is 12.1 Å². The van der Waals surface area contributed by atoms with Gasteiger partial charge in [0.2, 0.25) is 0 Å². The molecule has 2 unspecified atom stereocenters. The lowest BCUT2D eigenvalue weighted by atomic mass is 10.1. The van der Waals surface area contributed by atoms with Gasteiger partial charge in [0.05, 0.1) is 6.10 Å². The van der Waals surface area contributed by atoms with E-state index < -0.39 is 0 Å². The lowest BCUT2D eigenvalue weighted by molar-refractivity contribution is 0.0744. The molecule has 1 aromatic rings. The highest BCUT2D eigenvalue weighted by Gasteiger charge is 2.29. The van der Waals surface area contributed by atoms with Crippen molar-refractivity contribution >= 4 is 0 Å². The standard InChI is InChI=1S/C11H20N4O/c1-2-6-15-7-5-13-11(15)10(14-12)9-4-3-8-16-9/h5,7,9-10,14H,2-4,6,8,12H2,1H3. The zero-order valence-electron chi connectivity index (χ0n) is 9.72. The van der Waals surface area contributed by atoms with Crippen LogP contribution < -0.4 is 11.3 Å². The van der Waals surface area contributed by atoms with Crippen molar-refractivity contribution in [2.45, 2.75) is 44.9 Å². The van der Waals surface area contributed by atoms with Crippen LogP contribution in [0.1, 0.15) is 38.1 Å². The van der Waals surface area contributed by atoms with Crippen molar-refractivity contribution < 1.29 is 4.74 Å². The first kappa shape index (κ1) is 11.6. The molecule has 90 valence electrons. The predicted octanol–water partition coefficient (Wildman–Crippen LogP) is 0.976. The topological polar surface area (TPSA) is 65.1 Å². The summed E-state index contributed by atoms with van der Waals surface area (Å²) in [7, 11) is 0. The minimum Gasteiger partial charge on any atom is -0.376 e. The van der Waals surface area contributed by atoms with Crippen molar-refractivity contribution in [2.75, 3.05) is 6.61 Å². The zero-order chi connectivity index (χ0) is 11.4. The highest BCUT2D eigenvalue weighted by Crippen LogP contribution is 2.25. The normalized spacial score (nSPS) is 22.5. The van der Waals surface area contributed by atoms with Gasteiger partial charge in [-0.2, -0.15) is 0 Å². The van der Waals surface area contributed by atoms with E-state index >= 15 is 0 Å². The maximum Gasteiger partial charge on any atom is 0.129 e. The van der Waals surface area contributed by atoms with Crippen LogP contribution in [0.3, 0.4) is 0 Å². The molecular formula is C11H20N4O. The summed E-state index contributed by atoms with van der Waals surface area (Å²) in [6.07, 6.45) is 7.22. The van der Waals surface area contributed by atoms with Gasteiger partial charge in [0.25, 0.3) is 0 Å². The Morgan fingerprint density at radius 2 is 2.62 bits per heavy atom. The SMILES string of the molecule is CCCn1ccnc1C(NN)C1CCCO1. The molecule has 2 atom stereocenters. The molecule has 1 aliphatic heterocycles. The molecule has 0 aliphatic carbocycles. The van der Waals surface area contributed by atoms with E-state index in [2.05, 4.69) is 21.9 Å². The third kappa shape index (κ3) is 2.26. The van der Waals surface area contributed by atoms with Crippen LogP contribution in [0.2, 0.25) is 0 Å². The van der Waals surface area contributed by atoms with E-state index in [4.69, 9.17) is 10.6 Å². The quantitative estimate of drug-likeness (QED) is 0.578. The molecule has 0 radical (unpaired) electrons.